The van der Waals surface area contributed by atoms with Crippen molar-refractivity contribution in [1.29, 1.82) is 0 Å². The predicted molar refractivity (Wildman–Crippen MR) is 83.8 cm³/mol. The van der Waals surface area contributed by atoms with E-state index in [2.05, 4.69) is 5.32 Å². The molecule has 0 heterocycles. The maximum absolute atomic E-state index is 12.1. The first-order chi connectivity index (χ1) is 10.9. The molecule has 0 saturated carbocycles. The molecule has 2 N–H and O–H groups in total. The summed E-state index contributed by atoms with van der Waals surface area (Å²) in [5, 5.41) is 21.9. The van der Waals surface area contributed by atoms with Gasteiger partial charge in [-0.25, -0.2) is 0 Å². The fraction of sp³-hybridized carbons (Fsp3) is 0.0667. The van der Waals surface area contributed by atoms with Crippen LogP contribution in [0, 0.1) is 10.1 Å². The molecule has 7 nitrogen and oxygen atoms in total. The van der Waals surface area contributed by atoms with Gasteiger partial charge in [0.05, 0.1) is 21.9 Å². The molecule has 0 saturated heterocycles. The Hall–Kier alpha value is -2.93. The Morgan fingerprint density at radius 2 is 1.83 bits per heavy atom. The van der Waals surface area contributed by atoms with E-state index in [1.165, 1.54) is 12.1 Å². The van der Waals surface area contributed by atoms with Gasteiger partial charge in [-0.15, -0.1) is 0 Å². The number of carboxylic acid groups (broad SMARTS) is 1. The number of anilines is 1. The van der Waals surface area contributed by atoms with Gasteiger partial charge in [0.1, 0.15) is 0 Å². The highest BCUT2D eigenvalue weighted by atomic mass is 35.5. The van der Waals surface area contributed by atoms with Crippen molar-refractivity contribution < 1.29 is 19.6 Å². The van der Waals surface area contributed by atoms with Crippen molar-refractivity contribution in [2.24, 2.45) is 0 Å². The van der Waals surface area contributed by atoms with Crippen LogP contribution < -0.4 is 5.32 Å². The number of rotatable bonds is 5. The van der Waals surface area contributed by atoms with E-state index in [0.717, 1.165) is 6.07 Å². The minimum atomic E-state index is -0.945. The zero-order valence-corrected chi connectivity index (χ0v) is 12.4. The lowest BCUT2D eigenvalue weighted by Gasteiger charge is -2.07. The molecule has 0 aromatic heterocycles. The van der Waals surface area contributed by atoms with Crippen LogP contribution in [0.25, 0.3) is 0 Å². The fourth-order valence-electron chi connectivity index (χ4n) is 1.88. The van der Waals surface area contributed by atoms with Gasteiger partial charge < -0.3 is 10.4 Å². The highest BCUT2D eigenvalue weighted by Gasteiger charge is 2.15. The summed E-state index contributed by atoms with van der Waals surface area (Å²) in [7, 11) is 0. The number of amides is 1. The Bertz CT molecular complexity index is 774. The molecule has 118 valence electrons. The summed E-state index contributed by atoms with van der Waals surface area (Å²) in [6.45, 7) is 0. The molecule has 0 radical (unpaired) electrons. The van der Waals surface area contributed by atoms with Gasteiger partial charge in [0, 0.05) is 17.8 Å². The summed E-state index contributed by atoms with van der Waals surface area (Å²) in [5.41, 5.74) is 0.957. The number of nitrogens with zero attached hydrogens (tertiary/aromatic N) is 1. The van der Waals surface area contributed by atoms with Crippen molar-refractivity contribution in [3.63, 3.8) is 0 Å². The van der Waals surface area contributed by atoms with Gasteiger partial charge in [-0.1, -0.05) is 23.7 Å². The molecule has 0 unspecified atom stereocenters. The first-order valence-electron chi connectivity index (χ1n) is 6.43. The Morgan fingerprint density at radius 1 is 1.17 bits per heavy atom. The van der Waals surface area contributed by atoms with Crippen LogP contribution in [0.5, 0.6) is 0 Å². The minimum absolute atomic E-state index is 0.0285. The first-order valence-corrected chi connectivity index (χ1v) is 6.80. The zero-order valence-electron chi connectivity index (χ0n) is 11.7. The van der Waals surface area contributed by atoms with E-state index in [1.807, 2.05) is 0 Å². The maximum atomic E-state index is 12.1. The molecule has 0 aliphatic rings. The monoisotopic (exact) mass is 334 g/mol. The van der Waals surface area contributed by atoms with E-state index >= 15 is 0 Å². The quantitative estimate of drug-likeness (QED) is 0.644. The number of aliphatic carboxylic acids is 1. The minimum Gasteiger partial charge on any atom is -0.481 e. The third-order valence-electron chi connectivity index (χ3n) is 2.98. The van der Waals surface area contributed by atoms with Gasteiger partial charge in [-0.05, 0) is 23.8 Å². The smallest absolute Gasteiger partial charge is 0.307 e. The largest absolute Gasteiger partial charge is 0.481 e. The van der Waals surface area contributed by atoms with E-state index in [4.69, 9.17) is 16.7 Å². The molecule has 2 aromatic rings. The van der Waals surface area contributed by atoms with E-state index in [9.17, 15) is 19.7 Å². The number of hydrogen-bond donors (Lipinski definition) is 2. The van der Waals surface area contributed by atoms with Crippen molar-refractivity contribution in [3.8, 4) is 0 Å². The number of carbonyl (C=O) groups is 2. The normalized spacial score (nSPS) is 10.1. The van der Waals surface area contributed by atoms with E-state index < -0.39 is 16.8 Å². The highest BCUT2D eigenvalue weighted by Crippen LogP contribution is 2.23. The average molecular weight is 335 g/mol. The SMILES string of the molecule is O=C(O)Cc1ccc(NC(=O)c2ccc([N+](=O)[O-])cc2Cl)cc1. The second-order valence-corrected chi connectivity index (χ2v) is 5.05. The number of nitrogens with one attached hydrogen (secondary N) is 1. The second kappa shape index (κ2) is 6.89. The molecule has 2 rings (SSSR count). The predicted octanol–water partition coefficient (Wildman–Crippen LogP) is 3.13. The standard InChI is InChI=1S/C15H11ClN2O5/c16-13-8-11(18(22)23)5-6-12(13)15(21)17-10-3-1-9(2-4-10)7-14(19)20/h1-6,8H,7H2,(H,17,21)(H,19,20). The molecule has 0 spiro atoms. The lowest BCUT2D eigenvalue weighted by molar-refractivity contribution is -0.384. The molecular weight excluding hydrogens is 324 g/mol. The second-order valence-electron chi connectivity index (χ2n) is 4.64. The number of nitro groups is 1. The van der Waals surface area contributed by atoms with Crippen LogP contribution in [0.15, 0.2) is 42.5 Å². The van der Waals surface area contributed by atoms with E-state index in [-0.39, 0.29) is 22.7 Å². The van der Waals surface area contributed by atoms with Gasteiger partial charge in [-0.3, -0.25) is 19.7 Å². The number of carbonyl (C=O) groups excluding carboxylic acids is 1. The van der Waals surface area contributed by atoms with Gasteiger partial charge in [0.25, 0.3) is 11.6 Å². The number of nitro benzene ring substituents is 1. The third kappa shape index (κ3) is 4.27. The van der Waals surface area contributed by atoms with Crippen LogP contribution in [0.2, 0.25) is 5.02 Å². The summed E-state index contributed by atoms with van der Waals surface area (Å²) < 4.78 is 0. The number of carboxylic acids is 1. The number of benzene rings is 2. The molecule has 0 atom stereocenters. The topological polar surface area (TPSA) is 110 Å². The van der Waals surface area contributed by atoms with Crippen LogP contribution in [0.3, 0.4) is 0 Å². The van der Waals surface area contributed by atoms with Crippen LogP contribution in [0.1, 0.15) is 15.9 Å². The van der Waals surface area contributed by atoms with Crippen molar-refractivity contribution in [2.45, 2.75) is 6.42 Å². The molecule has 23 heavy (non-hydrogen) atoms. The van der Waals surface area contributed by atoms with E-state index in [0.29, 0.717) is 11.3 Å². The van der Waals surface area contributed by atoms with Gasteiger partial charge in [-0.2, -0.15) is 0 Å². The van der Waals surface area contributed by atoms with Crippen LogP contribution in [-0.4, -0.2) is 21.9 Å². The summed E-state index contributed by atoms with van der Waals surface area (Å²) in [6.07, 6.45) is -0.109. The van der Waals surface area contributed by atoms with Crippen molar-refractivity contribution in [2.75, 3.05) is 5.32 Å². The molecule has 2 aromatic carbocycles. The van der Waals surface area contributed by atoms with Crippen LogP contribution in [-0.2, 0) is 11.2 Å². The van der Waals surface area contributed by atoms with Crippen molar-refractivity contribution in [3.05, 3.63) is 68.7 Å². The number of hydrogen-bond acceptors (Lipinski definition) is 4. The lowest BCUT2D eigenvalue weighted by atomic mass is 10.1. The molecule has 0 aliphatic carbocycles. The van der Waals surface area contributed by atoms with Gasteiger partial charge in [0.2, 0.25) is 0 Å². The third-order valence-corrected chi connectivity index (χ3v) is 3.29. The zero-order chi connectivity index (χ0) is 17.0. The first kappa shape index (κ1) is 16.4. The Morgan fingerprint density at radius 3 is 2.35 bits per heavy atom. The molecule has 0 fully saturated rings. The van der Waals surface area contributed by atoms with Gasteiger partial charge >= 0.3 is 5.97 Å². The van der Waals surface area contributed by atoms with Gasteiger partial charge in [0.15, 0.2) is 0 Å². The Balaban J connectivity index is 2.12. The van der Waals surface area contributed by atoms with Crippen molar-refractivity contribution in [1.82, 2.24) is 0 Å². The van der Waals surface area contributed by atoms with E-state index in [1.54, 1.807) is 24.3 Å². The van der Waals surface area contributed by atoms with Crippen LogP contribution in [0.4, 0.5) is 11.4 Å². The average Bonchev–Trinajstić information content (AvgIpc) is 2.48. The molecule has 0 bridgehead atoms. The summed E-state index contributed by atoms with van der Waals surface area (Å²) in [5.74, 6) is -1.46. The maximum Gasteiger partial charge on any atom is 0.307 e. The van der Waals surface area contributed by atoms with Crippen molar-refractivity contribution >= 4 is 34.9 Å². The molecule has 0 aliphatic heterocycles. The highest BCUT2D eigenvalue weighted by molar-refractivity contribution is 6.34. The lowest BCUT2D eigenvalue weighted by Crippen LogP contribution is -2.12. The number of halogens is 1. The summed E-state index contributed by atoms with van der Waals surface area (Å²) in [6, 6.07) is 9.87. The molecule has 1 amide bonds. The summed E-state index contributed by atoms with van der Waals surface area (Å²) >= 11 is 5.89. The molecule has 8 heteroatoms. The Labute approximate surface area is 135 Å². The number of non-ortho nitro benzene ring substituents is 1. The summed E-state index contributed by atoms with van der Waals surface area (Å²) in [4.78, 5) is 32.8. The van der Waals surface area contributed by atoms with Crippen LogP contribution >= 0.6 is 11.6 Å². The Kier molecular flexibility index (Phi) is 4.92. The molecular formula is C15H11ClN2O5. The fourth-order valence-corrected chi connectivity index (χ4v) is 2.14.